The van der Waals surface area contributed by atoms with Gasteiger partial charge in [0.15, 0.2) is 6.10 Å². The van der Waals surface area contributed by atoms with E-state index in [-0.39, 0.29) is 5.91 Å². The average Bonchev–Trinajstić information content (AvgIpc) is 2.78. The highest BCUT2D eigenvalue weighted by atomic mass is 16.5. The normalized spacial score (nSPS) is 15.5. The van der Waals surface area contributed by atoms with Gasteiger partial charge >= 0.3 is 0 Å². The molecule has 1 saturated heterocycles. The summed E-state index contributed by atoms with van der Waals surface area (Å²) in [4.78, 5) is 17.4. The number of amides is 1. The first kappa shape index (κ1) is 18.4. The average molecular weight is 374 g/mol. The second kappa shape index (κ2) is 8.34. The number of carbonyl (C=O) groups is 1. The van der Waals surface area contributed by atoms with Crippen molar-refractivity contribution in [2.75, 3.05) is 31.1 Å². The molecule has 0 aromatic heterocycles. The SMILES string of the molecule is CCC(Oc1cccc2ccccc12)C(=O)N1CCN(c2ccccc2)CC1. The summed E-state index contributed by atoms with van der Waals surface area (Å²) in [6, 6.07) is 24.5. The van der Waals surface area contributed by atoms with E-state index in [2.05, 4.69) is 41.3 Å². The van der Waals surface area contributed by atoms with Crippen LogP contribution in [0.1, 0.15) is 13.3 Å². The number of fused-ring (bicyclic) bond motifs is 1. The Hall–Kier alpha value is -3.01. The Balaban J connectivity index is 1.43. The summed E-state index contributed by atoms with van der Waals surface area (Å²) in [5.74, 6) is 0.865. The highest BCUT2D eigenvalue weighted by molar-refractivity contribution is 5.89. The van der Waals surface area contributed by atoms with Gasteiger partial charge in [-0.3, -0.25) is 4.79 Å². The van der Waals surface area contributed by atoms with Crippen molar-refractivity contribution in [1.29, 1.82) is 0 Å². The van der Waals surface area contributed by atoms with Gasteiger partial charge in [0.05, 0.1) is 0 Å². The Morgan fingerprint density at radius 1 is 0.893 bits per heavy atom. The summed E-state index contributed by atoms with van der Waals surface area (Å²) in [5, 5.41) is 2.17. The zero-order valence-electron chi connectivity index (χ0n) is 16.3. The minimum absolute atomic E-state index is 0.0862. The minimum atomic E-state index is -0.450. The van der Waals surface area contributed by atoms with Gasteiger partial charge in [0.2, 0.25) is 0 Å². The second-order valence-electron chi connectivity index (χ2n) is 7.14. The number of nitrogens with zero attached hydrogens (tertiary/aromatic N) is 2. The molecule has 0 bridgehead atoms. The van der Waals surface area contributed by atoms with Crippen molar-refractivity contribution in [3.05, 3.63) is 72.8 Å². The summed E-state index contributed by atoms with van der Waals surface area (Å²) >= 11 is 0. The van der Waals surface area contributed by atoms with E-state index in [9.17, 15) is 4.79 Å². The van der Waals surface area contributed by atoms with Gasteiger partial charge in [0.25, 0.3) is 5.91 Å². The van der Waals surface area contributed by atoms with Gasteiger partial charge in [-0.15, -0.1) is 0 Å². The standard InChI is InChI=1S/C24H26N2O2/c1-2-22(28-23-14-8-10-19-9-6-7-13-21(19)23)24(27)26-17-15-25(16-18-26)20-11-4-3-5-12-20/h3-14,22H,2,15-18H2,1H3. The molecule has 1 atom stereocenters. The number of piperazine rings is 1. The van der Waals surface area contributed by atoms with Gasteiger partial charge in [-0.1, -0.05) is 61.5 Å². The molecular weight excluding hydrogens is 348 g/mol. The molecule has 1 aliphatic heterocycles. The Morgan fingerprint density at radius 2 is 1.57 bits per heavy atom. The molecule has 28 heavy (non-hydrogen) atoms. The van der Waals surface area contributed by atoms with Gasteiger partial charge < -0.3 is 14.5 Å². The van der Waals surface area contributed by atoms with Gasteiger partial charge in [0, 0.05) is 37.3 Å². The molecule has 4 nitrogen and oxygen atoms in total. The minimum Gasteiger partial charge on any atom is -0.480 e. The van der Waals surface area contributed by atoms with Crippen LogP contribution in [0.15, 0.2) is 72.8 Å². The zero-order valence-corrected chi connectivity index (χ0v) is 16.3. The third-order valence-electron chi connectivity index (χ3n) is 5.38. The van der Waals surface area contributed by atoms with E-state index >= 15 is 0 Å². The fraction of sp³-hybridized carbons (Fsp3) is 0.292. The van der Waals surface area contributed by atoms with E-state index in [0.29, 0.717) is 6.42 Å². The van der Waals surface area contributed by atoms with Crippen LogP contribution >= 0.6 is 0 Å². The molecule has 0 spiro atoms. The van der Waals surface area contributed by atoms with Gasteiger partial charge in [-0.2, -0.15) is 0 Å². The molecule has 1 amide bonds. The molecule has 3 aromatic carbocycles. The number of anilines is 1. The zero-order chi connectivity index (χ0) is 19.3. The Morgan fingerprint density at radius 3 is 2.32 bits per heavy atom. The quantitative estimate of drug-likeness (QED) is 0.666. The highest BCUT2D eigenvalue weighted by Crippen LogP contribution is 2.27. The first-order valence-corrected chi connectivity index (χ1v) is 9.99. The van der Waals surface area contributed by atoms with Gasteiger partial charge in [0.1, 0.15) is 5.75 Å². The first-order valence-electron chi connectivity index (χ1n) is 9.99. The topological polar surface area (TPSA) is 32.8 Å². The number of para-hydroxylation sites is 1. The Kier molecular flexibility index (Phi) is 5.47. The van der Waals surface area contributed by atoms with Crippen LogP contribution in [-0.2, 0) is 4.79 Å². The Bertz CT molecular complexity index is 928. The molecule has 0 N–H and O–H groups in total. The van der Waals surface area contributed by atoms with E-state index < -0.39 is 6.10 Å². The molecule has 4 rings (SSSR count). The van der Waals surface area contributed by atoms with E-state index in [4.69, 9.17) is 4.74 Å². The number of benzene rings is 3. The summed E-state index contributed by atoms with van der Waals surface area (Å²) in [7, 11) is 0. The van der Waals surface area contributed by atoms with Gasteiger partial charge in [-0.05, 0) is 30.0 Å². The number of ether oxygens (including phenoxy) is 1. The number of hydrogen-bond acceptors (Lipinski definition) is 3. The largest absolute Gasteiger partial charge is 0.480 e. The van der Waals surface area contributed by atoms with E-state index in [0.717, 1.165) is 42.7 Å². The van der Waals surface area contributed by atoms with E-state index in [1.54, 1.807) is 0 Å². The molecule has 4 heteroatoms. The molecule has 0 aliphatic carbocycles. The monoisotopic (exact) mass is 374 g/mol. The van der Waals surface area contributed by atoms with Crippen molar-refractivity contribution in [2.45, 2.75) is 19.4 Å². The molecule has 0 saturated carbocycles. The van der Waals surface area contributed by atoms with Crippen LogP contribution in [-0.4, -0.2) is 43.1 Å². The van der Waals surface area contributed by atoms with Crippen molar-refractivity contribution >= 4 is 22.4 Å². The molecule has 1 aliphatic rings. The van der Waals surface area contributed by atoms with Crippen LogP contribution in [0.5, 0.6) is 5.75 Å². The summed E-state index contributed by atoms with van der Waals surface area (Å²) in [5.41, 5.74) is 1.22. The van der Waals surface area contributed by atoms with E-state index in [1.807, 2.05) is 48.2 Å². The molecule has 0 radical (unpaired) electrons. The van der Waals surface area contributed by atoms with Crippen LogP contribution in [0.3, 0.4) is 0 Å². The lowest BCUT2D eigenvalue weighted by Gasteiger charge is -2.37. The maximum Gasteiger partial charge on any atom is 0.263 e. The number of carbonyl (C=O) groups excluding carboxylic acids is 1. The lowest BCUT2D eigenvalue weighted by atomic mass is 10.1. The van der Waals surface area contributed by atoms with Crippen LogP contribution in [0, 0.1) is 0 Å². The fourth-order valence-corrected chi connectivity index (χ4v) is 3.79. The third-order valence-corrected chi connectivity index (χ3v) is 5.38. The fourth-order valence-electron chi connectivity index (χ4n) is 3.79. The molecular formula is C24H26N2O2. The molecule has 144 valence electrons. The predicted octanol–water partition coefficient (Wildman–Crippen LogP) is 4.35. The van der Waals surface area contributed by atoms with Crippen LogP contribution < -0.4 is 9.64 Å². The lowest BCUT2D eigenvalue weighted by Crippen LogP contribution is -2.52. The van der Waals surface area contributed by atoms with E-state index in [1.165, 1.54) is 5.69 Å². The van der Waals surface area contributed by atoms with Crippen molar-refractivity contribution in [3.8, 4) is 5.75 Å². The van der Waals surface area contributed by atoms with Crippen molar-refractivity contribution < 1.29 is 9.53 Å². The van der Waals surface area contributed by atoms with Crippen LogP contribution in [0.2, 0.25) is 0 Å². The molecule has 1 heterocycles. The lowest BCUT2D eigenvalue weighted by molar-refractivity contribution is -0.139. The number of rotatable bonds is 5. The summed E-state index contributed by atoms with van der Waals surface area (Å²) in [6.45, 7) is 5.15. The molecule has 1 fully saturated rings. The Labute approximate surface area is 166 Å². The van der Waals surface area contributed by atoms with Crippen molar-refractivity contribution in [1.82, 2.24) is 4.90 Å². The highest BCUT2D eigenvalue weighted by Gasteiger charge is 2.28. The maximum absolute atomic E-state index is 13.1. The predicted molar refractivity (Wildman–Crippen MR) is 114 cm³/mol. The molecule has 3 aromatic rings. The van der Waals surface area contributed by atoms with Crippen molar-refractivity contribution in [3.63, 3.8) is 0 Å². The van der Waals surface area contributed by atoms with Crippen LogP contribution in [0.25, 0.3) is 10.8 Å². The van der Waals surface area contributed by atoms with Gasteiger partial charge in [-0.25, -0.2) is 0 Å². The third kappa shape index (κ3) is 3.81. The maximum atomic E-state index is 13.1. The smallest absolute Gasteiger partial charge is 0.263 e. The number of hydrogen-bond donors (Lipinski definition) is 0. The molecule has 1 unspecified atom stereocenters. The van der Waals surface area contributed by atoms with Crippen molar-refractivity contribution in [2.24, 2.45) is 0 Å². The first-order chi connectivity index (χ1) is 13.8. The second-order valence-corrected chi connectivity index (χ2v) is 7.14. The van der Waals surface area contributed by atoms with Crippen LogP contribution in [0.4, 0.5) is 5.69 Å². The summed E-state index contributed by atoms with van der Waals surface area (Å²) < 4.78 is 6.20. The summed E-state index contributed by atoms with van der Waals surface area (Å²) in [6.07, 6.45) is 0.204.